The Balaban J connectivity index is 1.48. The monoisotopic (exact) mass is 369 g/mol. The van der Waals surface area contributed by atoms with Crippen LogP contribution in [0.3, 0.4) is 0 Å². The van der Waals surface area contributed by atoms with Crippen LogP contribution >= 0.6 is 11.8 Å². The average Bonchev–Trinajstić information content (AvgIpc) is 2.67. The fourth-order valence-corrected chi connectivity index (χ4v) is 4.03. The molecule has 0 fully saturated rings. The molecule has 0 saturated carbocycles. The Labute approximate surface area is 158 Å². The number of aryl methyl sites for hydroxylation is 1. The van der Waals surface area contributed by atoms with E-state index in [0.717, 1.165) is 24.2 Å². The number of rotatable bonds is 6. The van der Waals surface area contributed by atoms with Gasteiger partial charge in [-0.3, -0.25) is 9.59 Å². The van der Waals surface area contributed by atoms with E-state index < -0.39 is 0 Å². The number of thioether (sulfide) groups is 1. The van der Waals surface area contributed by atoms with Crippen LogP contribution in [0.15, 0.2) is 59.5 Å². The summed E-state index contributed by atoms with van der Waals surface area (Å²) in [5.41, 5.74) is 2.46. The number of carbonyl (C=O) groups excluding carboxylic acids is 2. The highest BCUT2D eigenvalue weighted by atomic mass is 32.2. The van der Waals surface area contributed by atoms with Crippen molar-refractivity contribution in [1.29, 1.82) is 0 Å². The highest BCUT2D eigenvalue weighted by Crippen LogP contribution is 2.29. The van der Waals surface area contributed by atoms with Gasteiger partial charge >= 0.3 is 5.97 Å². The van der Waals surface area contributed by atoms with Crippen molar-refractivity contribution in [2.24, 2.45) is 0 Å². The van der Waals surface area contributed by atoms with Crippen LogP contribution in [0.2, 0.25) is 0 Å². The van der Waals surface area contributed by atoms with Gasteiger partial charge < -0.3 is 10.1 Å². The molecule has 136 valence electrons. The van der Waals surface area contributed by atoms with Crippen molar-refractivity contribution >= 4 is 23.6 Å². The zero-order valence-electron chi connectivity index (χ0n) is 14.8. The second-order valence-electron chi connectivity index (χ2n) is 6.39. The van der Waals surface area contributed by atoms with Crippen molar-refractivity contribution in [2.75, 3.05) is 6.61 Å². The number of benzene rings is 2. The number of hydrogen-bond acceptors (Lipinski definition) is 4. The summed E-state index contributed by atoms with van der Waals surface area (Å²) in [5.74, 6) is -0.630. The first kappa shape index (κ1) is 18.5. The van der Waals surface area contributed by atoms with E-state index in [4.69, 9.17) is 4.74 Å². The van der Waals surface area contributed by atoms with Gasteiger partial charge in [0.05, 0.1) is 6.04 Å². The third-order valence-electron chi connectivity index (χ3n) is 4.44. The van der Waals surface area contributed by atoms with Gasteiger partial charge in [0.15, 0.2) is 6.61 Å². The second kappa shape index (κ2) is 8.90. The van der Waals surface area contributed by atoms with Crippen molar-refractivity contribution in [3.8, 4) is 0 Å². The van der Waals surface area contributed by atoms with Crippen molar-refractivity contribution < 1.29 is 14.3 Å². The van der Waals surface area contributed by atoms with E-state index in [9.17, 15) is 9.59 Å². The maximum Gasteiger partial charge on any atom is 0.319 e. The molecule has 2 atom stereocenters. The van der Waals surface area contributed by atoms with Crippen molar-refractivity contribution in [3.05, 3.63) is 65.7 Å². The molecule has 0 saturated heterocycles. The molecule has 26 heavy (non-hydrogen) atoms. The van der Waals surface area contributed by atoms with Gasteiger partial charge in [-0.25, -0.2) is 0 Å². The van der Waals surface area contributed by atoms with Gasteiger partial charge in [-0.2, -0.15) is 0 Å². The Morgan fingerprint density at radius 1 is 1.15 bits per heavy atom. The molecule has 1 aliphatic rings. The van der Waals surface area contributed by atoms with Crippen LogP contribution in [-0.2, 0) is 20.7 Å². The molecule has 0 aliphatic heterocycles. The largest absolute Gasteiger partial charge is 0.455 e. The van der Waals surface area contributed by atoms with Crippen LogP contribution in [0.5, 0.6) is 0 Å². The molecule has 4 nitrogen and oxygen atoms in total. The minimum atomic E-state index is -0.377. The quantitative estimate of drug-likeness (QED) is 0.620. The number of nitrogens with one attached hydrogen (secondary N) is 1. The van der Waals surface area contributed by atoms with Crippen LogP contribution in [0.1, 0.15) is 36.9 Å². The molecule has 0 aromatic heterocycles. The smallest absolute Gasteiger partial charge is 0.319 e. The Hall–Kier alpha value is -2.27. The molecular weight excluding hydrogens is 346 g/mol. The minimum Gasteiger partial charge on any atom is -0.455 e. The van der Waals surface area contributed by atoms with E-state index in [-0.39, 0.29) is 29.8 Å². The number of carbonyl (C=O) groups is 2. The summed E-state index contributed by atoms with van der Waals surface area (Å²) < 4.78 is 5.20. The topological polar surface area (TPSA) is 55.4 Å². The number of hydrogen-bond donors (Lipinski definition) is 1. The molecule has 2 aromatic carbocycles. The van der Waals surface area contributed by atoms with Gasteiger partial charge in [0, 0.05) is 4.90 Å². The lowest BCUT2D eigenvalue weighted by Crippen LogP contribution is -2.35. The van der Waals surface area contributed by atoms with Crippen molar-refractivity contribution in [2.45, 2.75) is 42.4 Å². The van der Waals surface area contributed by atoms with Crippen molar-refractivity contribution in [1.82, 2.24) is 5.32 Å². The first-order chi connectivity index (χ1) is 12.6. The highest BCUT2D eigenvalue weighted by Gasteiger charge is 2.22. The standard InChI is InChI=1S/C21H23NO3S/c1-15(26-17-10-3-2-4-11-17)21(24)25-14-20(23)22-19-13-7-9-16-8-5-6-12-18(16)19/h2-6,8,10-12,15,19H,7,9,13-14H2,1H3,(H,22,23)/t15-,19+/m0/s1. The first-order valence-corrected chi connectivity index (χ1v) is 9.77. The SMILES string of the molecule is C[C@H](Sc1ccccc1)C(=O)OCC(=O)N[C@@H]1CCCc2ccccc21. The van der Waals surface area contributed by atoms with Crippen LogP contribution in [0.4, 0.5) is 0 Å². The lowest BCUT2D eigenvalue weighted by Gasteiger charge is -2.26. The molecule has 1 amide bonds. The fraction of sp³-hybridized carbons (Fsp3) is 0.333. The highest BCUT2D eigenvalue weighted by molar-refractivity contribution is 8.00. The predicted octanol–water partition coefficient (Wildman–Crippen LogP) is 3.90. The predicted molar refractivity (Wildman–Crippen MR) is 103 cm³/mol. The lowest BCUT2D eigenvalue weighted by molar-refractivity contribution is -0.147. The number of esters is 1. The van der Waals surface area contributed by atoms with Gasteiger partial charge in [-0.05, 0) is 49.4 Å². The molecule has 0 radical (unpaired) electrons. The molecule has 0 spiro atoms. The summed E-state index contributed by atoms with van der Waals surface area (Å²) >= 11 is 1.42. The molecule has 0 unspecified atom stereocenters. The number of ether oxygens (including phenoxy) is 1. The van der Waals surface area contributed by atoms with Crippen LogP contribution in [-0.4, -0.2) is 23.7 Å². The maximum absolute atomic E-state index is 12.2. The van der Waals surface area contributed by atoms with Gasteiger partial charge in [0.1, 0.15) is 5.25 Å². The molecular formula is C21H23NO3S. The van der Waals surface area contributed by atoms with E-state index >= 15 is 0 Å². The van der Waals surface area contributed by atoms with Gasteiger partial charge in [-0.1, -0.05) is 42.5 Å². The van der Waals surface area contributed by atoms with Crippen LogP contribution in [0, 0.1) is 0 Å². The third kappa shape index (κ3) is 4.88. The molecule has 1 aliphatic carbocycles. The summed E-state index contributed by atoms with van der Waals surface area (Å²) in [6, 6.07) is 17.9. The normalized spacial score (nSPS) is 17.0. The van der Waals surface area contributed by atoms with Crippen molar-refractivity contribution in [3.63, 3.8) is 0 Å². The maximum atomic E-state index is 12.2. The molecule has 3 rings (SSSR count). The van der Waals surface area contributed by atoms with E-state index in [2.05, 4.69) is 17.4 Å². The summed E-state index contributed by atoms with van der Waals surface area (Å²) in [6.45, 7) is 1.55. The van der Waals surface area contributed by atoms with E-state index in [1.165, 1.54) is 22.9 Å². The van der Waals surface area contributed by atoms with Crippen LogP contribution in [0.25, 0.3) is 0 Å². The molecule has 2 aromatic rings. The zero-order valence-corrected chi connectivity index (χ0v) is 15.6. The van der Waals surface area contributed by atoms with E-state index in [0.29, 0.717) is 0 Å². The Kier molecular flexibility index (Phi) is 6.34. The average molecular weight is 369 g/mol. The fourth-order valence-electron chi connectivity index (χ4n) is 3.15. The number of fused-ring (bicyclic) bond motifs is 1. The zero-order chi connectivity index (χ0) is 18.4. The van der Waals surface area contributed by atoms with Gasteiger partial charge in [0.2, 0.25) is 0 Å². The summed E-state index contributed by atoms with van der Waals surface area (Å²) in [6.07, 6.45) is 3.01. The summed E-state index contributed by atoms with van der Waals surface area (Å²) in [5, 5.41) is 2.64. The molecule has 1 N–H and O–H groups in total. The molecule has 0 heterocycles. The Morgan fingerprint density at radius 3 is 2.69 bits per heavy atom. The molecule has 5 heteroatoms. The Morgan fingerprint density at radius 2 is 1.88 bits per heavy atom. The van der Waals surface area contributed by atoms with Gasteiger partial charge in [-0.15, -0.1) is 11.8 Å². The van der Waals surface area contributed by atoms with E-state index in [1.54, 1.807) is 6.92 Å². The number of amides is 1. The first-order valence-electron chi connectivity index (χ1n) is 8.89. The minimum absolute atomic E-state index is 0.00210. The lowest BCUT2D eigenvalue weighted by atomic mass is 9.88. The van der Waals surface area contributed by atoms with Gasteiger partial charge in [0.25, 0.3) is 5.91 Å². The summed E-state index contributed by atoms with van der Waals surface area (Å²) in [7, 11) is 0. The second-order valence-corrected chi connectivity index (χ2v) is 7.81. The van der Waals surface area contributed by atoms with E-state index in [1.807, 2.05) is 42.5 Å². The van der Waals surface area contributed by atoms with Crippen LogP contribution < -0.4 is 5.32 Å². The Bertz CT molecular complexity index is 763. The third-order valence-corrected chi connectivity index (χ3v) is 5.53. The molecule has 0 bridgehead atoms. The summed E-state index contributed by atoms with van der Waals surface area (Å²) in [4.78, 5) is 25.3.